The average molecular weight is 311 g/mol. The smallest absolute Gasteiger partial charge is 0.264 e. The van der Waals surface area contributed by atoms with Crippen LogP contribution >= 0.6 is 11.3 Å². The largest absolute Gasteiger partial charge is 0.388 e. The number of aryl methyl sites for hydroxylation is 3. The maximum atomic E-state index is 12.5. The molecule has 0 aliphatic carbocycles. The molecule has 1 heterocycles. The quantitative estimate of drug-likeness (QED) is 0.911. The summed E-state index contributed by atoms with van der Waals surface area (Å²) in [6.45, 7) is 5.46. The van der Waals surface area contributed by atoms with Gasteiger partial charge in [0.2, 0.25) is 0 Å². The molecule has 0 saturated carbocycles. The Labute approximate surface area is 123 Å². The fraction of sp³-hybridized carbons (Fsp3) is 0.308. The van der Waals surface area contributed by atoms with E-state index >= 15 is 0 Å². The Morgan fingerprint density at radius 2 is 1.75 bits per heavy atom. The molecule has 20 heavy (non-hydrogen) atoms. The van der Waals surface area contributed by atoms with E-state index in [0.717, 1.165) is 10.6 Å². The van der Waals surface area contributed by atoms with Gasteiger partial charge in [0, 0.05) is 23.8 Å². The van der Waals surface area contributed by atoms with E-state index in [2.05, 4.69) is 15.0 Å². The summed E-state index contributed by atoms with van der Waals surface area (Å²) >= 11 is 1.31. The van der Waals surface area contributed by atoms with E-state index in [-0.39, 0.29) is 0 Å². The van der Waals surface area contributed by atoms with Crippen LogP contribution in [0.3, 0.4) is 0 Å². The van der Waals surface area contributed by atoms with Crippen LogP contribution in [0.25, 0.3) is 0 Å². The van der Waals surface area contributed by atoms with Crippen molar-refractivity contribution in [2.24, 2.45) is 0 Å². The molecule has 2 aromatic rings. The third-order valence-electron chi connectivity index (χ3n) is 2.86. The lowest BCUT2D eigenvalue weighted by Crippen LogP contribution is -2.15. The Morgan fingerprint density at radius 3 is 2.20 bits per heavy atom. The van der Waals surface area contributed by atoms with Gasteiger partial charge in [0.15, 0.2) is 5.13 Å². The van der Waals surface area contributed by atoms with Gasteiger partial charge in [-0.2, -0.15) is 0 Å². The predicted molar refractivity (Wildman–Crippen MR) is 83.1 cm³/mol. The van der Waals surface area contributed by atoms with Crippen LogP contribution in [0.5, 0.6) is 0 Å². The first-order chi connectivity index (χ1) is 9.33. The number of anilines is 2. The van der Waals surface area contributed by atoms with E-state index in [1.54, 1.807) is 27.1 Å². The number of aromatic nitrogens is 1. The summed E-state index contributed by atoms with van der Waals surface area (Å²) in [7, 11) is -1.81. The van der Waals surface area contributed by atoms with E-state index in [1.807, 2.05) is 19.1 Å². The summed E-state index contributed by atoms with van der Waals surface area (Å²) in [5, 5.41) is 3.40. The van der Waals surface area contributed by atoms with E-state index < -0.39 is 10.0 Å². The second kappa shape index (κ2) is 5.41. The summed E-state index contributed by atoms with van der Waals surface area (Å²) in [6.07, 6.45) is 1.65. The zero-order valence-corrected chi connectivity index (χ0v) is 13.4. The number of hydrogen-bond donors (Lipinski definition) is 2. The van der Waals surface area contributed by atoms with E-state index in [1.165, 1.54) is 11.3 Å². The van der Waals surface area contributed by atoms with E-state index in [4.69, 9.17) is 0 Å². The van der Waals surface area contributed by atoms with Crippen LogP contribution in [0.2, 0.25) is 0 Å². The molecule has 0 fully saturated rings. The highest BCUT2D eigenvalue weighted by molar-refractivity contribution is 7.93. The lowest BCUT2D eigenvalue weighted by Gasteiger charge is -2.13. The summed E-state index contributed by atoms with van der Waals surface area (Å²) in [6, 6.07) is 3.63. The van der Waals surface area contributed by atoms with Crippen molar-refractivity contribution in [1.29, 1.82) is 0 Å². The Balaban J connectivity index is 2.44. The van der Waals surface area contributed by atoms with Crippen LogP contribution in [0.1, 0.15) is 16.0 Å². The van der Waals surface area contributed by atoms with Gasteiger partial charge in [-0.25, -0.2) is 13.4 Å². The van der Waals surface area contributed by atoms with Crippen molar-refractivity contribution in [2.45, 2.75) is 25.7 Å². The van der Waals surface area contributed by atoms with Crippen LogP contribution in [-0.2, 0) is 10.0 Å². The molecular weight excluding hydrogens is 294 g/mol. The van der Waals surface area contributed by atoms with Crippen molar-refractivity contribution in [1.82, 2.24) is 4.98 Å². The monoisotopic (exact) mass is 311 g/mol. The molecule has 1 aromatic carbocycles. The summed E-state index contributed by atoms with van der Waals surface area (Å²) in [5.41, 5.74) is 2.30. The molecule has 2 N–H and O–H groups in total. The molecule has 1 aromatic heterocycles. The van der Waals surface area contributed by atoms with Crippen molar-refractivity contribution >= 4 is 32.2 Å². The van der Waals surface area contributed by atoms with Gasteiger partial charge in [0.1, 0.15) is 0 Å². The Morgan fingerprint density at radius 1 is 1.15 bits per heavy atom. The van der Waals surface area contributed by atoms with Crippen LogP contribution in [-0.4, -0.2) is 20.4 Å². The first-order valence-electron chi connectivity index (χ1n) is 6.08. The fourth-order valence-electron chi connectivity index (χ4n) is 2.09. The average Bonchev–Trinajstić information content (AvgIpc) is 2.72. The van der Waals surface area contributed by atoms with Gasteiger partial charge in [-0.1, -0.05) is 0 Å². The molecule has 0 unspecified atom stereocenters. The Bertz CT molecular complexity index is 713. The second-order valence-corrected chi connectivity index (χ2v) is 7.42. The highest BCUT2D eigenvalue weighted by Gasteiger charge is 2.21. The number of nitrogens with zero attached hydrogens (tertiary/aromatic N) is 1. The predicted octanol–water partition coefficient (Wildman–Crippen LogP) is 2.91. The SMILES string of the molecule is CNc1cc(C)c(S(=O)(=O)Nc2ncc(C)s2)c(C)c1. The summed E-state index contributed by atoms with van der Waals surface area (Å²) < 4.78 is 27.5. The number of hydrogen-bond acceptors (Lipinski definition) is 5. The first kappa shape index (κ1) is 14.8. The number of rotatable bonds is 4. The van der Waals surface area contributed by atoms with Crippen LogP contribution in [0, 0.1) is 20.8 Å². The lowest BCUT2D eigenvalue weighted by atomic mass is 10.1. The van der Waals surface area contributed by atoms with Crippen LogP contribution in [0.4, 0.5) is 10.8 Å². The molecule has 2 rings (SSSR count). The molecular formula is C13H17N3O2S2. The summed E-state index contributed by atoms with van der Waals surface area (Å²) in [4.78, 5) is 5.30. The molecule has 0 amide bonds. The van der Waals surface area contributed by atoms with Crippen molar-refractivity contribution in [3.05, 3.63) is 34.3 Å². The van der Waals surface area contributed by atoms with Gasteiger partial charge >= 0.3 is 0 Å². The molecule has 5 nitrogen and oxygen atoms in total. The zero-order chi connectivity index (χ0) is 14.9. The highest BCUT2D eigenvalue weighted by atomic mass is 32.2. The molecule has 0 spiro atoms. The summed E-state index contributed by atoms with van der Waals surface area (Å²) in [5.74, 6) is 0. The van der Waals surface area contributed by atoms with Crippen LogP contribution < -0.4 is 10.0 Å². The minimum Gasteiger partial charge on any atom is -0.388 e. The molecule has 0 saturated heterocycles. The van der Waals surface area contributed by atoms with Gasteiger partial charge in [-0.15, -0.1) is 11.3 Å². The topological polar surface area (TPSA) is 71.1 Å². The van der Waals surface area contributed by atoms with Gasteiger partial charge in [0.05, 0.1) is 4.90 Å². The normalized spacial score (nSPS) is 11.4. The Kier molecular flexibility index (Phi) is 4.01. The lowest BCUT2D eigenvalue weighted by molar-refractivity contribution is 0.600. The van der Waals surface area contributed by atoms with Gasteiger partial charge in [0.25, 0.3) is 10.0 Å². The molecule has 0 aliphatic rings. The highest BCUT2D eigenvalue weighted by Crippen LogP contribution is 2.27. The number of thiazole rings is 1. The minimum atomic E-state index is -3.62. The number of nitrogens with one attached hydrogen (secondary N) is 2. The molecule has 0 bridgehead atoms. The van der Waals surface area contributed by atoms with E-state index in [0.29, 0.717) is 21.2 Å². The van der Waals surface area contributed by atoms with Gasteiger partial charge < -0.3 is 5.32 Å². The van der Waals surface area contributed by atoms with Crippen molar-refractivity contribution < 1.29 is 8.42 Å². The second-order valence-electron chi connectivity index (χ2n) is 4.57. The number of benzene rings is 1. The van der Waals surface area contributed by atoms with Crippen molar-refractivity contribution in [3.8, 4) is 0 Å². The maximum absolute atomic E-state index is 12.5. The molecule has 108 valence electrons. The van der Waals surface area contributed by atoms with Gasteiger partial charge in [-0.3, -0.25) is 4.72 Å². The maximum Gasteiger partial charge on any atom is 0.264 e. The van der Waals surface area contributed by atoms with Crippen molar-refractivity contribution in [3.63, 3.8) is 0 Å². The molecule has 0 atom stereocenters. The van der Waals surface area contributed by atoms with Gasteiger partial charge in [-0.05, 0) is 44.0 Å². The van der Waals surface area contributed by atoms with E-state index in [9.17, 15) is 8.42 Å². The Hall–Kier alpha value is -1.60. The molecule has 0 radical (unpaired) electrons. The minimum absolute atomic E-state index is 0.310. The van der Waals surface area contributed by atoms with Crippen molar-refractivity contribution in [2.75, 3.05) is 17.1 Å². The third kappa shape index (κ3) is 2.94. The standard InChI is InChI=1S/C13H17N3O2S2/c1-8-5-11(14-4)6-9(2)12(8)20(17,18)16-13-15-7-10(3)19-13/h5-7,14H,1-4H3,(H,15,16). The fourth-order valence-corrected chi connectivity index (χ4v) is 4.45. The zero-order valence-electron chi connectivity index (χ0n) is 11.8. The van der Waals surface area contributed by atoms with Crippen LogP contribution in [0.15, 0.2) is 23.2 Å². The molecule has 0 aliphatic heterocycles. The third-order valence-corrected chi connectivity index (χ3v) is 5.46. The molecule has 7 heteroatoms. The number of sulfonamides is 1. The first-order valence-corrected chi connectivity index (χ1v) is 8.37.